The fourth-order valence-corrected chi connectivity index (χ4v) is 4.92. The number of benzene rings is 2. The summed E-state index contributed by atoms with van der Waals surface area (Å²) >= 11 is 0. The van der Waals surface area contributed by atoms with Crippen LogP contribution in [0.25, 0.3) is 21.9 Å². The third-order valence-electron chi connectivity index (χ3n) is 6.55. The summed E-state index contributed by atoms with van der Waals surface area (Å²) in [6.45, 7) is 4.09. The topological polar surface area (TPSA) is 56.5 Å². The number of aryl methyl sites for hydroxylation is 2. The summed E-state index contributed by atoms with van der Waals surface area (Å²) in [5.74, 6) is 2.84. The Morgan fingerprint density at radius 2 is 2.03 bits per heavy atom. The molecule has 0 spiro atoms. The van der Waals surface area contributed by atoms with Gasteiger partial charge < -0.3 is 19.2 Å². The van der Waals surface area contributed by atoms with E-state index in [1.165, 1.54) is 6.07 Å². The summed E-state index contributed by atoms with van der Waals surface area (Å²) in [5.41, 5.74) is 3.85. The molecule has 5 nitrogen and oxygen atoms in total. The van der Waals surface area contributed by atoms with Crippen LogP contribution in [0, 0.1) is 18.7 Å². The van der Waals surface area contributed by atoms with Crippen LogP contribution in [0.1, 0.15) is 23.4 Å². The number of halogens is 1. The molecule has 3 heterocycles. The predicted molar refractivity (Wildman–Crippen MR) is 121 cm³/mol. The van der Waals surface area contributed by atoms with Crippen LogP contribution >= 0.6 is 0 Å². The van der Waals surface area contributed by atoms with Crippen LogP contribution in [0.3, 0.4) is 0 Å². The van der Waals surface area contributed by atoms with Gasteiger partial charge in [0.15, 0.2) is 11.5 Å². The first-order chi connectivity index (χ1) is 15.6. The summed E-state index contributed by atoms with van der Waals surface area (Å²) in [7, 11) is 0. The molecule has 1 aliphatic carbocycles. The fourth-order valence-electron chi connectivity index (χ4n) is 4.92. The number of rotatable bonds is 4. The van der Waals surface area contributed by atoms with Crippen LogP contribution in [-0.4, -0.2) is 30.8 Å². The van der Waals surface area contributed by atoms with Crippen molar-refractivity contribution in [1.29, 1.82) is 0 Å². The molecule has 164 valence electrons. The van der Waals surface area contributed by atoms with Gasteiger partial charge in [0.2, 0.25) is 0 Å². The highest BCUT2D eigenvalue weighted by atomic mass is 19.1. The second-order valence-electron chi connectivity index (χ2n) is 8.87. The molecule has 0 amide bonds. The highest BCUT2D eigenvalue weighted by Gasteiger charge is 2.26. The van der Waals surface area contributed by atoms with E-state index < -0.39 is 0 Å². The van der Waals surface area contributed by atoms with E-state index in [0.29, 0.717) is 19.1 Å². The standard InChI is InChI=1S/C26H25FN2O3/c1-15-2-5-19-22(29-15)6-9-25-26(19)31-18(14-30-25)13-28-12-16-3-7-23-20(10-16)21-11-17(27)4-8-24(21)32-23/h2,4-6,8-9,11,16,18,28H,3,7,10,12-14H2,1H3/t16-,18-/m0/s1. The summed E-state index contributed by atoms with van der Waals surface area (Å²) in [6.07, 6.45) is 2.80. The zero-order valence-corrected chi connectivity index (χ0v) is 18.0. The van der Waals surface area contributed by atoms with E-state index in [1.807, 2.05) is 31.2 Å². The van der Waals surface area contributed by atoms with Crippen molar-refractivity contribution >= 4 is 21.9 Å². The molecule has 1 aliphatic heterocycles. The van der Waals surface area contributed by atoms with Gasteiger partial charge in [0.25, 0.3) is 0 Å². The minimum Gasteiger partial charge on any atom is -0.486 e. The van der Waals surface area contributed by atoms with Crippen molar-refractivity contribution in [3.8, 4) is 11.5 Å². The molecular weight excluding hydrogens is 407 g/mol. The summed E-state index contributed by atoms with van der Waals surface area (Å²) in [6, 6.07) is 12.7. The summed E-state index contributed by atoms with van der Waals surface area (Å²) in [4.78, 5) is 4.59. The quantitative estimate of drug-likeness (QED) is 0.494. The molecule has 0 fully saturated rings. The van der Waals surface area contributed by atoms with E-state index in [4.69, 9.17) is 13.9 Å². The van der Waals surface area contributed by atoms with Gasteiger partial charge in [0.1, 0.15) is 29.9 Å². The van der Waals surface area contributed by atoms with Crippen molar-refractivity contribution in [2.75, 3.05) is 19.7 Å². The molecule has 0 saturated carbocycles. The molecule has 1 N–H and O–H groups in total. The van der Waals surface area contributed by atoms with Gasteiger partial charge in [-0.25, -0.2) is 4.39 Å². The molecule has 2 aromatic carbocycles. The van der Waals surface area contributed by atoms with Crippen molar-refractivity contribution in [2.45, 2.75) is 32.3 Å². The van der Waals surface area contributed by atoms with E-state index >= 15 is 0 Å². The van der Waals surface area contributed by atoms with Crippen molar-refractivity contribution in [2.24, 2.45) is 5.92 Å². The Morgan fingerprint density at radius 1 is 1.09 bits per heavy atom. The Balaban J connectivity index is 1.10. The average molecular weight is 432 g/mol. The Morgan fingerprint density at radius 3 is 2.97 bits per heavy atom. The maximum atomic E-state index is 13.7. The Bertz CT molecular complexity index is 1320. The molecule has 6 rings (SSSR count). The first-order valence-electron chi connectivity index (χ1n) is 11.2. The molecule has 4 aromatic rings. The number of ether oxygens (including phenoxy) is 2. The molecule has 2 aromatic heterocycles. The number of nitrogens with one attached hydrogen (secondary N) is 1. The minimum atomic E-state index is -0.214. The Labute approximate surface area is 185 Å². The SMILES string of the molecule is Cc1ccc2c3c(ccc2n1)OC[C@H](CNC[C@H]1CCc2oc4ccc(F)cc4c2C1)O3. The predicted octanol–water partition coefficient (Wildman–Crippen LogP) is 4.96. The molecule has 2 atom stereocenters. The second-order valence-corrected chi connectivity index (χ2v) is 8.87. The maximum Gasteiger partial charge on any atom is 0.171 e. The van der Waals surface area contributed by atoms with Crippen LogP contribution in [0.4, 0.5) is 4.39 Å². The highest BCUT2D eigenvalue weighted by Crippen LogP contribution is 2.38. The Hall–Kier alpha value is -3.12. The Kier molecular flexibility index (Phi) is 4.76. The third-order valence-corrected chi connectivity index (χ3v) is 6.55. The number of nitrogens with zero attached hydrogens (tertiary/aromatic N) is 1. The van der Waals surface area contributed by atoms with E-state index in [0.717, 1.165) is 76.2 Å². The largest absolute Gasteiger partial charge is 0.486 e. The maximum absolute atomic E-state index is 13.7. The van der Waals surface area contributed by atoms with Crippen molar-refractivity contribution in [3.63, 3.8) is 0 Å². The zero-order chi connectivity index (χ0) is 21.7. The first kappa shape index (κ1) is 19.6. The first-order valence-corrected chi connectivity index (χ1v) is 11.2. The monoisotopic (exact) mass is 432 g/mol. The lowest BCUT2D eigenvalue weighted by Crippen LogP contribution is -2.40. The molecular formula is C26H25FN2O3. The van der Waals surface area contributed by atoms with Crippen LogP contribution in [0.2, 0.25) is 0 Å². The minimum absolute atomic E-state index is 0.0580. The van der Waals surface area contributed by atoms with Gasteiger partial charge in [-0.15, -0.1) is 0 Å². The molecule has 0 saturated heterocycles. The third kappa shape index (κ3) is 3.48. The number of furan rings is 1. The van der Waals surface area contributed by atoms with Crippen molar-refractivity contribution < 1.29 is 18.3 Å². The lowest BCUT2D eigenvalue weighted by Gasteiger charge is -2.28. The highest BCUT2D eigenvalue weighted by molar-refractivity contribution is 5.88. The van der Waals surface area contributed by atoms with Gasteiger partial charge in [0.05, 0.1) is 5.52 Å². The molecule has 2 aliphatic rings. The van der Waals surface area contributed by atoms with Gasteiger partial charge >= 0.3 is 0 Å². The molecule has 6 heteroatoms. The number of aromatic nitrogens is 1. The number of pyridine rings is 1. The lowest BCUT2D eigenvalue weighted by molar-refractivity contribution is 0.0915. The van der Waals surface area contributed by atoms with Crippen LogP contribution in [0.15, 0.2) is 46.9 Å². The van der Waals surface area contributed by atoms with Gasteiger partial charge in [-0.1, -0.05) is 0 Å². The number of fused-ring (bicyclic) bond motifs is 6. The van der Waals surface area contributed by atoms with E-state index in [1.54, 1.807) is 12.1 Å². The number of hydrogen-bond donors (Lipinski definition) is 1. The van der Waals surface area contributed by atoms with Crippen molar-refractivity contribution in [3.05, 3.63) is 65.3 Å². The molecule has 32 heavy (non-hydrogen) atoms. The smallest absolute Gasteiger partial charge is 0.171 e. The van der Waals surface area contributed by atoms with E-state index in [9.17, 15) is 4.39 Å². The average Bonchev–Trinajstić information content (AvgIpc) is 3.16. The fraction of sp³-hybridized carbons (Fsp3) is 0.346. The van der Waals surface area contributed by atoms with Gasteiger partial charge in [-0.3, -0.25) is 4.98 Å². The second kappa shape index (κ2) is 7.78. The van der Waals surface area contributed by atoms with Crippen LogP contribution in [-0.2, 0) is 12.8 Å². The van der Waals surface area contributed by atoms with Crippen LogP contribution < -0.4 is 14.8 Å². The lowest BCUT2D eigenvalue weighted by atomic mass is 9.86. The summed E-state index contributed by atoms with van der Waals surface area (Å²) < 4.78 is 31.9. The van der Waals surface area contributed by atoms with E-state index in [2.05, 4.69) is 10.3 Å². The molecule has 0 radical (unpaired) electrons. The van der Waals surface area contributed by atoms with Gasteiger partial charge in [-0.05, 0) is 74.7 Å². The van der Waals surface area contributed by atoms with Gasteiger partial charge in [0, 0.05) is 35.0 Å². The zero-order valence-electron chi connectivity index (χ0n) is 18.0. The van der Waals surface area contributed by atoms with Gasteiger partial charge in [-0.2, -0.15) is 0 Å². The molecule has 0 bridgehead atoms. The normalized spacial score (nSPS) is 19.9. The summed E-state index contributed by atoms with van der Waals surface area (Å²) in [5, 5.41) is 5.47. The molecule has 0 unspecified atom stereocenters. The van der Waals surface area contributed by atoms with E-state index in [-0.39, 0.29) is 11.9 Å². The van der Waals surface area contributed by atoms with Crippen molar-refractivity contribution in [1.82, 2.24) is 10.3 Å². The number of hydrogen-bond acceptors (Lipinski definition) is 5. The van der Waals surface area contributed by atoms with Crippen LogP contribution in [0.5, 0.6) is 11.5 Å².